The number of H-pyrrole nitrogens is 1. The number of aryl methyl sites for hydroxylation is 1. The summed E-state index contributed by atoms with van der Waals surface area (Å²) < 4.78 is 31.7. The number of benzene rings is 1. The van der Waals surface area contributed by atoms with Gasteiger partial charge < -0.3 is 19.8 Å². The molecule has 0 spiro atoms. The Morgan fingerprint density at radius 3 is 2.83 bits per heavy atom. The SMILES string of the molecule is CCN1CCC(C#Cc2cc(C)nc(C(=O)NC(c3ncn4c3C[C@@H](F)C4)c3[nH]c4ccccc4c3F)c2)CC1. The Kier molecular flexibility index (Phi) is 7.11. The number of nitrogens with zero attached hydrogens (tertiary/aromatic N) is 4. The van der Waals surface area contributed by atoms with Crippen LogP contribution in [-0.2, 0) is 13.0 Å². The van der Waals surface area contributed by atoms with Crippen LogP contribution in [0.2, 0.25) is 0 Å². The number of aromatic nitrogens is 4. The highest BCUT2D eigenvalue weighted by atomic mass is 19.1. The second-order valence-corrected chi connectivity index (χ2v) is 10.7. The van der Waals surface area contributed by atoms with Crippen molar-refractivity contribution in [2.45, 2.75) is 51.9 Å². The van der Waals surface area contributed by atoms with E-state index in [9.17, 15) is 9.18 Å². The molecule has 1 amide bonds. The number of piperidine rings is 1. The molecule has 1 aromatic carbocycles. The van der Waals surface area contributed by atoms with Crippen LogP contribution in [0.4, 0.5) is 8.78 Å². The Hall–Kier alpha value is -4.03. The second kappa shape index (κ2) is 10.9. The molecule has 2 N–H and O–H groups in total. The van der Waals surface area contributed by atoms with Gasteiger partial charge in [-0.05, 0) is 63.7 Å². The zero-order chi connectivity index (χ0) is 27.8. The van der Waals surface area contributed by atoms with Crippen LogP contribution in [0.5, 0.6) is 0 Å². The third-order valence-corrected chi connectivity index (χ3v) is 7.94. The van der Waals surface area contributed by atoms with Gasteiger partial charge in [0.15, 0.2) is 5.82 Å². The third-order valence-electron chi connectivity index (χ3n) is 7.94. The van der Waals surface area contributed by atoms with E-state index in [0.29, 0.717) is 39.5 Å². The summed E-state index contributed by atoms with van der Waals surface area (Å²) in [7, 11) is 0. The van der Waals surface area contributed by atoms with Crippen LogP contribution in [0.3, 0.4) is 0 Å². The summed E-state index contributed by atoms with van der Waals surface area (Å²) in [5.74, 6) is 5.99. The summed E-state index contributed by atoms with van der Waals surface area (Å²) in [6.45, 7) is 7.34. The molecule has 1 fully saturated rings. The van der Waals surface area contributed by atoms with E-state index in [1.165, 1.54) is 0 Å². The van der Waals surface area contributed by atoms with Crippen molar-refractivity contribution in [2.75, 3.05) is 19.6 Å². The van der Waals surface area contributed by atoms with Gasteiger partial charge in [0.1, 0.15) is 17.9 Å². The topological polar surface area (TPSA) is 78.8 Å². The van der Waals surface area contributed by atoms with Crippen molar-refractivity contribution in [3.8, 4) is 11.8 Å². The molecular formula is C31H32F2N6O. The average Bonchev–Trinajstić information content (AvgIpc) is 3.62. The Bertz CT molecular complexity index is 1620. The standard InChI is InChI=1S/C31H32F2N6O/c1-3-38-12-10-20(11-13-38)8-9-21-14-19(2)35-25(15-21)31(40)37-30(28-26-16-22(32)17-39(26)18-34-28)29-27(33)23-6-4-5-7-24(23)36-29/h4-7,14-15,18,20,22,30,36H,3,10-13,16-17H2,1-2H3,(H,37,40)/t22-,30?/m1/s1. The van der Waals surface area contributed by atoms with Crippen LogP contribution in [0.15, 0.2) is 42.7 Å². The van der Waals surface area contributed by atoms with Crippen molar-refractivity contribution < 1.29 is 13.6 Å². The molecule has 3 aromatic heterocycles. The number of carbonyl (C=O) groups excluding carboxylic acids is 1. The summed E-state index contributed by atoms with van der Waals surface area (Å²) in [5.41, 5.74) is 3.40. The number of hydrogen-bond acceptors (Lipinski definition) is 4. The maximum absolute atomic E-state index is 15.7. The maximum Gasteiger partial charge on any atom is 0.270 e. The van der Waals surface area contributed by atoms with Crippen LogP contribution >= 0.6 is 0 Å². The van der Waals surface area contributed by atoms with E-state index < -0.39 is 23.9 Å². The molecule has 0 aliphatic carbocycles. The van der Waals surface area contributed by atoms with Gasteiger partial charge in [-0.2, -0.15) is 0 Å². The van der Waals surface area contributed by atoms with Crippen molar-refractivity contribution in [1.29, 1.82) is 0 Å². The van der Waals surface area contributed by atoms with Crippen LogP contribution < -0.4 is 5.32 Å². The maximum atomic E-state index is 15.7. The van der Waals surface area contributed by atoms with E-state index in [1.807, 2.05) is 19.1 Å². The smallest absolute Gasteiger partial charge is 0.270 e. The van der Waals surface area contributed by atoms with Crippen molar-refractivity contribution >= 4 is 16.8 Å². The minimum Gasteiger partial charge on any atom is -0.354 e. The lowest BCUT2D eigenvalue weighted by atomic mass is 9.97. The van der Waals surface area contributed by atoms with E-state index in [2.05, 4.69) is 43.9 Å². The molecule has 2 aliphatic rings. The van der Waals surface area contributed by atoms with Gasteiger partial charge in [-0.1, -0.05) is 30.9 Å². The van der Waals surface area contributed by atoms with Crippen LogP contribution in [0.1, 0.15) is 64.6 Å². The molecule has 2 atom stereocenters. The molecule has 0 saturated carbocycles. The average molecular weight is 543 g/mol. The van der Waals surface area contributed by atoms with Gasteiger partial charge in [-0.3, -0.25) is 4.79 Å². The summed E-state index contributed by atoms with van der Waals surface area (Å²) in [5, 5.41) is 3.35. The predicted octanol–water partition coefficient (Wildman–Crippen LogP) is 4.70. The first-order valence-electron chi connectivity index (χ1n) is 13.9. The molecule has 1 saturated heterocycles. The van der Waals surface area contributed by atoms with Gasteiger partial charge in [0, 0.05) is 40.2 Å². The molecule has 2 aliphatic heterocycles. The summed E-state index contributed by atoms with van der Waals surface area (Å²) in [4.78, 5) is 28.1. The number of para-hydroxylation sites is 1. The third kappa shape index (κ3) is 5.11. The molecule has 206 valence electrons. The molecule has 40 heavy (non-hydrogen) atoms. The van der Waals surface area contributed by atoms with Crippen LogP contribution in [0, 0.1) is 30.5 Å². The zero-order valence-electron chi connectivity index (χ0n) is 22.7. The molecule has 1 unspecified atom stereocenters. The Balaban J connectivity index is 1.31. The first-order chi connectivity index (χ1) is 19.4. The highest BCUT2D eigenvalue weighted by Crippen LogP contribution is 2.33. The monoisotopic (exact) mass is 542 g/mol. The minimum atomic E-state index is -1.05. The normalized spacial score (nSPS) is 18.4. The minimum absolute atomic E-state index is 0.156. The number of carbonyl (C=O) groups is 1. The van der Waals surface area contributed by atoms with Gasteiger partial charge in [0.05, 0.1) is 24.3 Å². The number of hydrogen-bond donors (Lipinski definition) is 2. The number of alkyl halides is 1. The zero-order valence-corrected chi connectivity index (χ0v) is 22.7. The molecule has 6 rings (SSSR count). The quantitative estimate of drug-likeness (QED) is 0.358. The fourth-order valence-electron chi connectivity index (χ4n) is 5.78. The number of nitrogens with one attached hydrogen (secondary N) is 2. The van der Waals surface area contributed by atoms with E-state index in [0.717, 1.165) is 32.5 Å². The Labute approximate surface area is 232 Å². The van der Waals surface area contributed by atoms with E-state index >= 15 is 4.39 Å². The second-order valence-electron chi connectivity index (χ2n) is 10.7. The fraction of sp³-hybridized carbons (Fsp3) is 0.387. The number of amides is 1. The Morgan fingerprint density at radius 2 is 2.05 bits per heavy atom. The summed E-state index contributed by atoms with van der Waals surface area (Å²) in [6.07, 6.45) is 2.72. The first-order valence-corrected chi connectivity index (χ1v) is 13.9. The molecule has 7 nitrogen and oxygen atoms in total. The lowest BCUT2D eigenvalue weighted by Gasteiger charge is -2.28. The molecule has 5 heterocycles. The highest BCUT2D eigenvalue weighted by Gasteiger charge is 2.33. The van der Waals surface area contributed by atoms with Crippen molar-refractivity contribution in [3.05, 3.63) is 82.6 Å². The largest absolute Gasteiger partial charge is 0.354 e. The lowest BCUT2D eigenvalue weighted by Crippen LogP contribution is -2.32. The van der Waals surface area contributed by atoms with E-state index in [-0.39, 0.29) is 24.4 Å². The molecule has 0 radical (unpaired) electrons. The molecule has 4 aromatic rings. The molecular weight excluding hydrogens is 510 g/mol. The van der Waals surface area contributed by atoms with Gasteiger partial charge in [-0.25, -0.2) is 18.7 Å². The number of rotatable bonds is 5. The van der Waals surface area contributed by atoms with E-state index in [4.69, 9.17) is 0 Å². The number of pyridine rings is 1. The van der Waals surface area contributed by atoms with Crippen LogP contribution in [-0.4, -0.2) is 56.1 Å². The number of fused-ring (bicyclic) bond motifs is 2. The van der Waals surface area contributed by atoms with Crippen molar-refractivity contribution in [1.82, 2.24) is 29.7 Å². The van der Waals surface area contributed by atoms with Crippen molar-refractivity contribution in [2.24, 2.45) is 5.92 Å². The first kappa shape index (κ1) is 26.2. The Morgan fingerprint density at radius 1 is 1.25 bits per heavy atom. The van der Waals surface area contributed by atoms with Gasteiger partial charge in [0.2, 0.25) is 0 Å². The van der Waals surface area contributed by atoms with Gasteiger partial charge in [0.25, 0.3) is 5.91 Å². The number of aromatic amines is 1. The molecule has 9 heteroatoms. The van der Waals surface area contributed by atoms with Crippen molar-refractivity contribution in [3.63, 3.8) is 0 Å². The molecule has 0 bridgehead atoms. The predicted molar refractivity (Wildman–Crippen MR) is 149 cm³/mol. The number of halogens is 2. The fourth-order valence-corrected chi connectivity index (χ4v) is 5.78. The lowest BCUT2D eigenvalue weighted by molar-refractivity contribution is 0.0936. The van der Waals surface area contributed by atoms with Gasteiger partial charge >= 0.3 is 0 Å². The summed E-state index contributed by atoms with van der Waals surface area (Å²) in [6, 6.07) is 9.59. The van der Waals surface area contributed by atoms with Gasteiger partial charge in [-0.15, -0.1) is 0 Å². The van der Waals surface area contributed by atoms with Crippen LogP contribution in [0.25, 0.3) is 10.9 Å². The van der Waals surface area contributed by atoms with E-state index in [1.54, 1.807) is 35.2 Å². The highest BCUT2D eigenvalue weighted by molar-refractivity contribution is 5.93. The number of imidazole rings is 1. The summed E-state index contributed by atoms with van der Waals surface area (Å²) >= 11 is 0. The number of likely N-dealkylation sites (tertiary alicyclic amines) is 1.